The molecular weight excluding hydrogens is 276 g/mol. The molecule has 0 fully saturated rings. The van der Waals surface area contributed by atoms with Gasteiger partial charge in [0, 0.05) is 26.9 Å². The molecule has 0 aliphatic rings. The summed E-state index contributed by atoms with van der Waals surface area (Å²) >= 11 is 0. The lowest BCUT2D eigenvalue weighted by molar-refractivity contribution is 0.152. The van der Waals surface area contributed by atoms with Crippen LogP contribution in [0.25, 0.3) is 0 Å². The standard InChI is InChI=1S/C10H22O3Si.C3H10OSi/c1-10(2)9-13-7-6-8-14(5,11-3)12-4;1-3(2)4-5/h1,6-9H2,2-5H3;3H,1-2,5H3. The maximum absolute atomic E-state index is 5.39. The van der Waals surface area contributed by atoms with E-state index in [0.29, 0.717) is 12.7 Å². The van der Waals surface area contributed by atoms with E-state index in [1.54, 1.807) is 14.2 Å². The molecule has 0 heterocycles. The Hall–Kier alpha value is 0.0138. The van der Waals surface area contributed by atoms with Gasteiger partial charge in [0.2, 0.25) is 0 Å². The summed E-state index contributed by atoms with van der Waals surface area (Å²) in [7, 11) is 2.42. The van der Waals surface area contributed by atoms with Crippen molar-refractivity contribution < 1.29 is 18.0 Å². The van der Waals surface area contributed by atoms with Crippen molar-refractivity contribution in [1.29, 1.82) is 0 Å². The molecule has 0 aromatic rings. The van der Waals surface area contributed by atoms with E-state index in [2.05, 4.69) is 13.1 Å². The molecule has 19 heavy (non-hydrogen) atoms. The number of rotatable bonds is 9. The SMILES string of the molecule is C=C(C)COCCC[Si](C)(OC)OC.CC(C)O[SiH3]. The summed E-state index contributed by atoms with van der Waals surface area (Å²) in [5.41, 5.74) is 1.06. The summed E-state index contributed by atoms with van der Waals surface area (Å²) < 4.78 is 21.0. The highest BCUT2D eigenvalue weighted by atomic mass is 28.4. The van der Waals surface area contributed by atoms with Gasteiger partial charge < -0.3 is 18.0 Å². The van der Waals surface area contributed by atoms with Crippen molar-refractivity contribution in [3.05, 3.63) is 12.2 Å². The molecule has 0 atom stereocenters. The highest BCUT2D eigenvalue weighted by Crippen LogP contribution is 2.13. The smallest absolute Gasteiger partial charge is 0.334 e. The molecule has 6 heteroatoms. The molecule has 116 valence electrons. The van der Waals surface area contributed by atoms with Crippen LogP contribution >= 0.6 is 0 Å². The van der Waals surface area contributed by atoms with Crippen LogP contribution in [0.3, 0.4) is 0 Å². The van der Waals surface area contributed by atoms with Crippen LogP contribution in [-0.2, 0) is 18.0 Å². The fraction of sp³-hybridized carbons (Fsp3) is 0.846. The second kappa shape index (κ2) is 13.0. The molecule has 0 amide bonds. The van der Waals surface area contributed by atoms with E-state index < -0.39 is 8.56 Å². The first-order chi connectivity index (χ1) is 8.81. The Morgan fingerprint density at radius 1 is 1.26 bits per heavy atom. The van der Waals surface area contributed by atoms with Gasteiger partial charge in [0.05, 0.1) is 6.61 Å². The zero-order chi connectivity index (χ0) is 15.3. The molecule has 0 spiro atoms. The number of hydrogen-bond donors (Lipinski definition) is 0. The predicted molar refractivity (Wildman–Crippen MR) is 86.9 cm³/mol. The highest BCUT2D eigenvalue weighted by molar-refractivity contribution is 6.65. The molecule has 4 nitrogen and oxygen atoms in total. The van der Waals surface area contributed by atoms with Gasteiger partial charge in [0.25, 0.3) is 0 Å². The van der Waals surface area contributed by atoms with Crippen LogP contribution in [0.1, 0.15) is 27.2 Å². The van der Waals surface area contributed by atoms with Crippen LogP contribution in [0.5, 0.6) is 0 Å². The van der Waals surface area contributed by atoms with Gasteiger partial charge in [-0.1, -0.05) is 12.2 Å². The zero-order valence-corrected chi connectivity index (χ0v) is 16.7. The minimum atomic E-state index is -1.88. The van der Waals surface area contributed by atoms with Crippen molar-refractivity contribution >= 4 is 19.0 Å². The van der Waals surface area contributed by atoms with Gasteiger partial charge in [-0.3, -0.25) is 0 Å². The van der Waals surface area contributed by atoms with Gasteiger partial charge in [-0.15, -0.1) is 0 Å². The average Bonchev–Trinajstić information content (AvgIpc) is 2.38. The summed E-state index contributed by atoms with van der Waals surface area (Å²) in [6, 6.07) is 0.968. The molecule has 0 unspecified atom stereocenters. The highest BCUT2D eigenvalue weighted by Gasteiger charge is 2.27. The molecule has 0 radical (unpaired) electrons. The largest absolute Gasteiger partial charge is 0.426 e. The molecule has 0 saturated carbocycles. The molecule has 0 saturated heterocycles. The van der Waals surface area contributed by atoms with Gasteiger partial charge in [0.1, 0.15) is 10.5 Å². The Morgan fingerprint density at radius 3 is 2.05 bits per heavy atom. The first-order valence-electron chi connectivity index (χ1n) is 6.66. The van der Waals surface area contributed by atoms with Crippen LogP contribution in [0.4, 0.5) is 0 Å². The van der Waals surface area contributed by atoms with Crippen molar-refractivity contribution in [1.82, 2.24) is 0 Å². The third kappa shape index (κ3) is 16.0. The van der Waals surface area contributed by atoms with Crippen molar-refractivity contribution in [2.75, 3.05) is 27.4 Å². The second-order valence-corrected chi connectivity index (χ2v) is 9.00. The van der Waals surface area contributed by atoms with E-state index in [1.807, 2.05) is 20.8 Å². The lowest BCUT2D eigenvalue weighted by Crippen LogP contribution is -2.36. The van der Waals surface area contributed by atoms with E-state index in [0.717, 1.165) is 35.1 Å². The van der Waals surface area contributed by atoms with Gasteiger partial charge in [-0.05, 0) is 39.8 Å². The minimum Gasteiger partial charge on any atom is -0.426 e. The Labute approximate surface area is 123 Å². The monoisotopic (exact) mass is 308 g/mol. The van der Waals surface area contributed by atoms with E-state index in [-0.39, 0.29) is 0 Å². The Kier molecular flexibility index (Phi) is 14.6. The summed E-state index contributed by atoms with van der Waals surface area (Å²) in [5.74, 6) is 0. The fourth-order valence-corrected chi connectivity index (χ4v) is 2.39. The molecule has 0 aliphatic carbocycles. The summed E-state index contributed by atoms with van der Waals surface area (Å²) in [5, 5.41) is 0. The normalized spacial score (nSPS) is 11.3. The van der Waals surface area contributed by atoms with E-state index in [1.165, 1.54) is 0 Å². The maximum Gasteiger partial charge on any atom is 0.334 e. The Morgan fingerprint density at radius 2 is 1.74 bits per heavy atom. The molecular formula is C13H32O4Si2. The van der Waals surface area contributed by atoms with Crippen LogP contribution in [0, 0.1) is 0 Å². The number of hydrogen-bond acceptors (Lipinski definition) is 4. The van der Waals surface area contributed by atoms with Crippen molar-refractivity contribution in [3.8, 4) is 0 Å². The first-order valence-corrected chi connectivity index (χ1v) is 10.0. The molecule has 0 aromatic carbocycles. The third-order valence-electron chi connectivity index (χ3n) is 2.60. The summed E-state index contributed by atoms with van der Waals surface area (Å²) in [4.78, 5) is 0. The number of ether oxygens (including phenoxy) is 1. The second-order valence-electron chi connectivity index (χ2n) is 4.94. The fourth-order valence-electron chi connectivity index (χ4n) is 1.03. The van der Waals surface area contributed by atoms with Crippen LogP contribution < -0.4 is 0 Å². The van der Waals surface area contributed by atoms with Crippen LogP contribution in [0.15, 0.2) is 12.2 Å². The topological polar surface area (TPSA) is 36.9 Å². The summed E-state index contributed by atoms with van der Waals surface area (Å²) in [6.45, 7) is 13.3. The van der Waals surface area contributed by atoms with E-state index >= 15 is 0 Å². The molecule has 0 N–H and O–H groups in total. The van der Waals surface area contributed by atoms with Gasteiger partial charge in [-0.25, -0.2) is 0 Å². The molecule has 0 aliphatic heterocycles. The van der Waals surface area contributed by atoms with E-state index in [9.17, 15) is 0 Å². The van der Waals surface area contributed by atoms with Crippen molar-refractivity contribution in [3.63, 3.8) is 0 Å². The van der Waals surface area contributed by atoms with Gasteiger partial charge in [0.15, 0.2) is 0 Å². The zero-order valence-electron chi connectivity index (χ0n) is 13.7. The van der Waals surface area contributed by atoms with Crippen molar-refractivity contribution in [2.24, 2.45) is 0 Å². The molecule has 0 rings (SSSR count). The third-order valence-corrected chi connectivity index (χ3v) is 6.53. The van der Waals surface area contributed by atoms with Gasteiger partial charge >= 0.3 is 8.56 Å². The Bertz CT molecular complexity index is 219. The van der Waals surface area contributed by atoms with Crippen LogP contribution in [-0.4, -0.2) is 52.6 Å². The van der Waals surface area contributed by atoms with Gasteiger partial charge in [-0.2, -0.15) is 0 Å². The Balaban J connectivity index is 0. The quantitative estimate of drug-likeness (QED) is 0.371. The van der Waals surface area contributed by atoms with E-state index in [4.69, 9.17) is 18.0 Å². The molecule has 0 bridgehead atoms. The first kappa shape index (κ1) is 21.3. The predicted octanol–water partition coefficient (Wildman–Crippen LogP) is 2.03. The average molecular weight is 309 g/mol. The lowest BCUT2D eigenvalue weighted by Gasteiger charge is -2.22. The molecule has 0 aromatic heterocycles. The maximum atomic E-state index is 5.39. The van der Waals surface area contributed by atoms with Crippen LogP contribution in [0.2, 0.25) is 12.6 Å². The minimum absolute atomic E-state index is 0.446. The summed E-state index contributed by atoms with van der Waals surface area (Å²) in [6.07, 6.45) is 1.43. The van der Waals surface area contributed by atoms with Crippen molar-refractivity contribution in [2.45, 2.75) is 45.9 Å². The lowest BCUT2D eigenvalue weighted by atomic mass is 10.4.